The number of aromatic nitrogens is 3. The van der Waals surface area contributed by atoms with E-state index in [0.29, 0.717) is 24.8 Å². The van der Waals surface area contributed by atoms with E-state index in [1.54, 1.807) is 0 Å². The van der Waals surface area contributed by atoms with Crippen LogP contribution in [0.25, 0.3) is 11.0 Å². The third-order valence-corrected chi connectivity index (χ3v) is 6.03. The highest BCUT2D eigenvalue weighted by atomic mass is 32.1. The second kappa shape index (κ2) is 7.40. The highest BCUT2D eigenvalue weighted by Crippen LogP contribution is 2.32. The van der Waals surface area contributed by atoms with Gasteiger partial charge in [0.05, 0.1) is 11.0 Å². The highest BCUT2D eigenvalue weighted by Gasteiger charge is 2.30. The van der Waals surface area contributed by atoms with E-state index in [1.807, 2.05) is 16.3 Å². The Labute approximate surface area is 163 Å². The van der Waals surface area contributed by atoms with Gasteiger partial charge in [-0.2, -0.15) is 0 Å². The summed E-state index contributed by atoms with van der Waals surface area (Å²) >= 11 is 1.45. The number of imidazole rings is 1. The average Bonchev–Trinajstić information content (AvgIpc) is 3.32. The number of rotatable bonds is 4. The molecule has 7 heteroatoms. The number of likely N-dealkylation sites (tertiary alicyclic amines) is 1. The first-order valence-electron chi connectivity index (χ1n) is 9.49. The fourth-order valence-corrected chi connectivity index (χ4v) is 4.58. The summed E-state index contributed by atoms with van der Waals surface area (Å²) in [5, 5.41) is 2.62. The highest BCUT2D eigenvalue weighted by molar-refractivity contribution is 7.09. The second-order valence-corrected chi connectivity index (χ2v) is 8.29. The van der Waals surface area contributed by atoms with Gasteiger partial charge in [0.25, 0.3) is 5.91 Å². The van der Waals surface area contributed by atoms with Gasteiger partial charge < -0.3 is 15.2 Å². The van der Waals surface area contributed by atoms with Crippen molar-refractivity contribution in [1.29, 1.82) is 0 Å². The minimum absolute atomic E-state index is 0.00265. The number of nitrogens with two attached hydrogens (primary N) is 1. The van der Waals surface area contributed by atoms with Gasteiger partial charge in [-0.25, -0.2) is 9.97 Å². The van der Waals surface area contributed by atoms with Gasteiger partial charge in [-0.15, -0.1) is 11.3 Å². The molecule has 1 aliphatic heterocycles. The normalized spacial score (nSPS) is 17.8. The molecular weight excluding hydrogens is 358 g/mol. The zero-order valence-electron chi connectivity index (χ0n) is 15.8. The van der Waals surface area contributed by atoms with Gasteiger partial charge in [-0.05, 0) is 38.8 Å². The van der Waals surface area contributed by atoms with Crippen LogP contribution in [-0.4, -0.2) is 38.4 Å². The van der Waals surface area contributed by atoms with Gasteiger partial charge in [0.1, 0.15) is 16.5 Å². The maximum atomic E-state index is 12.9. The lowest BCUT2D eigenvalue weighted by atomic mass is 9.96. The van der Waals surface area contributed by atoms with Crippen LogP contribution in [0.15, 0.2) is 29.6 Å². The summed E-state index contributed by atoms with van der Waals surface area (Å²) < 4.78 is 2.32. The number of carbonyl (C=O) groups excluding carboxylic acids is 1. The van der Waals surface area contributed by atoms with E-state index in [4.69, 9.17) is 10.7 Å². The molecule has 3 aromatic rings. The standard InChI is InChI=1S/C20H25N5OS/c1-13(2)25-17-8-4-3-7-15(17)23-19(25)14-6-5-9-24(11-14)20(26)16-12-27-18(10-21)22-16/h3-4,7-8,12-14H,5-6,9-11,21H2,1-2H3. The zero-order chi connectivity index (χ0) is 19.0. The van der Waals surface area contributed by atoms with E-state index in [2.05, 4.69) is 41.6 Å². The van der Waals surface area contributed by atoms with Crippen LogP contribution >= 0.6 is 11.3 Å². The molecule has 0 bridgehead atoms. The Bertz CT molecular complexity index is 960. The van der Waals surface area contributed by atoms with Crippen LogP contribution < -0.4 is 5.73 Å². The lowest BCUT2D eigenvalue weighted by Crippen LogP contribution is -2.40. The van der Waals surface area contributed by atoms with Crippen LogP contribution in [0.1, 0.15) is 60.0 Å². The van der Waals surface area contributed by atoms with E-state index in [-0.39, 0.29) is 11.8 Å². The average molecular weight is 384 g/mol. The molecular formula is C20H25N5OS. The molecule has 1 saturated heterocycles. The number of nitrogens with zero attached hydrogens (tertiary/aromatic N) is 4. The number of para-hydroxylation sites is 2. The topological polar surface area (TPSA) is 77.0 Å². The molecule has 0 radical (unpaired) electrons. The summed E-state index contributed by atoms with van der Waals surface area (Å²) in [5.74, 6) is 1.33. The first kappa shape index (κ1) is 18.1. The molecule has 4 rings (SSSR count). The smallest absolute Gasteiger partial charge is 0.273 e. The Balaban J connectivity index is 1.62. The Hall–Kier alpha value is -2.25. The summed E-state index contributed by atoms with van der Waals surface area (Å²) in [5.41, 5.74) is 8.34. The number of amides is 1. The van der Waals surface area contributed by atoms with Gasteiger partial charge in [0.2, 0.25) is 0 Å². The lowest BCUT2D eigenvalue weighted by Gasteiger charge is -2.32. The van der Waals surface area contributed by atoms with Crippen molar-refractivity contribution in [3.63, 3.8) is 0 Å². The predicted octanol–water partition coefficient (Wildman–Crippen LogP) is 3.55. The van der Waals surface area contributed by atoms with Crippen LogP contribution in [0, 0.1) is 0 Å². The summed E-state index contributed by atoms with van der Waals surface area (Å²) in [6.45, 7) is 6.20. The molecule has 1 aliphatic rings. The third-order valence-electron chi connectivity index (χ3n) is 5.16. The van der Waals surface area contributed by atoms with Crippen molar-refractivity contribution in [1.82, 2.24) is 19.4 Å². The van der Waals surface area contributed by atoms with Gasteiger partial charge in [-0.3, -0.25) is 4.79 Å². The number of hydrogen-bond donors (Lipinski definition) is 1. The lowest BCUT2D eigenvalue weighted by molar-refractivity contribution is 0.0698. The van der Waals surface area contributed by atoms with Gasteiger partial charge in [0, 0.05) is 37.0 Å². The molecule has 142 valence electrons. The van der Waals surface area contributed by atoms with Crippen molar-refractivity contribution < 1.29 is 4.79 Å². The fourth-order valence-electron chi connectivity index (χ4n) is 3.93. The molecule has 6 nitrogen and oxygen atoms in total. The molecule has 2 N–H and O–H groups in total. The molecule has 27 heavy (non-hydrogen) atoms. The molecule has 1 aromatic carbocycles. The maximum Gasteiger partial charge on any atom is 0.273 e. The molecule has 2 aromatic heterocycles. The monoisotopic (exact) mass is 383 g/mol. The Morgan fingerprint density at radius 2 is 2.15 bits per heavy atom. The number of hydrogen-bond acceptors (Lipinski definition) is 5. The Morgan fingerprint density at radius 3 is 2.89 bits per heavy atom. The van der Waals surface area contributed by atoms with Crippen molar-refractivity contribution in [3.05, 3.63) is 46.2 Å². The Kier molecular flexibility index (Phi) is 4.97. The largest absolute Gasteiger partial charge is 0.337 e. The van der Waals surface area contributed by atoms with Crippen molar-refractivity contribution in [2.24, 2.45) is 5.73 Å². The van der Waals surface area contributed by atoms with E-state index in [0.717, 1.165) is 41.3 Å². The number of piperidine rings is 1. The quantitative estimate of drug-likeness (QED) is 0.747. The predicted molar refractivity (Wildman–Crippen MR) is 108 cm³/mol. The van der Waals surface area contributed by atoms with Crippen LogP contribution in [0.2, 0.25) is 0 Å². The molecule has 1 atom stereocenters. The minimum atomic E-state index is 0.00265. The van der Waals surface area contributed by atoms with Crippen molar-refractivity contribution in [2.45, 2.75) is 45.2 Å². The fraction of sp³-hybridized carbons (Fsp3) is 0.450. The molecule has 0 spiro atoms. The number of thiazole rings is 1. The number of carbonyl (C=O) groups is 1. The van der Waals surface area contributed by atoms with E-state index in [9.17, 15) is 4.79 Å². The minimum Gasteiger partial charge on any atom is -0.337 e. The van der Waals surface area contributed by atoms with Crippen LogP contribution in [0.5, 0.6) is 0 Å². The third kappa shape index (κ3) is 3.37. The van der Waals surface area contributed by atoms with Crippen LogP contribution in [-0.2, 0) is 6.54 Å². The zero-order valence-corrected chi connectivity index (χ0v) is 16.6. The van der Waals surface area contributed by atoms with Gasteiger partial charge in [0.15, 0.2) is 0 Å². The van der Waals surface area contributed by atoms with Crippen molar-refractivity contribution in [3.8, 4) is 0 Å². The molecule has 1 fully saturated rings. The Morgan fingerprint density at radius 1 is 1.33 bits per heavy atom. The summed E-state index contributed by atoms with van der Waals surface area (Å²) in [7, 11) is 0. The summed E-state index contributed by atoms with van der Waals surface area (Å²) in [6.07, 6.45) is 2.02. The molecule has 1 unspecified atom stereocenters. The summed E-state index contributed by atoms with van der Waals surface area (Å²) in [4.78, 5) is 24.1. The van der Waals surface area contributed by atoms with E-state index >= 15 is 0 Å². The second-order valence-electron chi connectivity index (χ2n) is 7.34. The van der Waals surface area contributed by atoms with Crippen LogP contribution in [0.3, 0.4) is 0 Å². The first-order valence-corrected chi connectivity index (χ1v) is 10.4. The van der Waals surface area contributed by atoms with Gasteiger partial charge >= 0.3 is 0 Å². The van der Waals surface area contributed by atoms with Crippen LogP contribution in [0.4, 0.5) is 0 Å². The maximum absolute atomic E-state index is 12.9. The van der Waals surface area contributed by atoms with Gasteiger partial charge in [-0.1, -0.05) is 12.1 Å². The summed E-state index contributed by atoms with van der Waals surface area (Å²) in [6, 6.07) is 8.59. The molecule has 0 aliphatic carbocycles. The van der Waals surface area contributed by atoms with E-state index < -0.39 is 0 Å². The number of benzene rings is 1. The van der Waals surface area contributed by atoms with E-state index in [1.165, 1.54) is 11.3 Å². The molecule has 3 heterocycles. The molecule has 0 saturated carbocycles. The SMILES string of the molecule is CC(C)n1c(C2CCCN(C(=O)c3csc(CN)n3)C2)nc2ccccc21. The number of fused-ring (bicyclic) bond motifs is 1. The van der Waals surface area contributed by atoms with Crippen molar-refractivity contribution >= 4 is 28.3 Å². The molecule has 1 amide bonds. The first-order chi connectivity index (χ1) is 13.1. The van der Waals surface area contributed by atoms with Crippen molar-refractivity contribution in [2.75, 3.05) is 13.1 Å².